The van der Waals surface area contributed by atoms with Crippen LogP contribution in [0.5, 0.6) is 0 Å². The molecule has 0 radical (unpaired) electrons. The van der Waals surface area contributed by atoms with Crippen molar-refractivity contribution in [2.45, 2.75) is 13.0 Å². The number of hydrogen-bond acceptors (Lipinski definition) is 3. The highest BCUT2D eigenvalue weighted by Gasteiger charge is 2.09. The minimum absolute atomic E-state index is 0. The largest absolute Gasteiger partial charge is 0.329 e. The summed E-state index contributed by atoms with van der Waals surface area (Å²) in [5.41, 5.74) is 9.55. The van der Waals surface area contributed by atoms with Crippen molar-refractivity contribution in [3.63, 3.8) is 0 Å². The van der Waals surface area contributed by atoms with E-state index in [0.29, 0.717) is 6.54 Å². The highest BCUT2D eigenvalue weighted by Crippen LogP contribution is 2.17. The number of nitrogens with two attached hydrogens (primary N) is 1. The first-order valence-electron chi connectivity index (χ1n) is 7.74. The number of benzene rings is 2. The molecule has 5 heteroatoms. The van der Waals surface area contributed by atoms with Gasteiger partial charge in [0.15, 0.2) is 0 Å². The van der Waals surface area contributed by atoms with Crippen molar-refractivity contribution in [1.82, 2.24) is 15.1 Å². The van der Waals surface area contributed by atoms with Crippen molar-refractivity contribution in [3.8, 4) is 0 Å². The summed E-state index contributed by atoms with van der Waals surface area (Å²) >= 11 is 0. The highest BCUT2D eigenvalue weighted by molar-refractivity contribution is 5.85. The maximum atomic E-state index is 5.78. The zero-order chi connectivity index (χ0) is 15.2. The van der Waals surface area contributed by atoms with Crippen LogP contribution in [0, 0.1) is 0 Å². The topological polar surface area (TPSA) is 57.9 Å². The molecule has 23 heavy (non-hydrogen) atoms. The molecule has 0 saturated carbocycles. The van der Waals surface area contributed by atoms with E-state index in [1.54, 1.807) is 0 Å². The minimum Gasteiger partial charge on any atom is -0.329 e. The van der Waals surface area contributed by atoms with Gasteiger partial charge in [-0.3, -0.25) is 10.00 Å². The minimum atomic E-state index is 0. The SMILES string of the molecule is Cl.NCCN(CCc1ccccc1)Cc1cccc2cn[nH]c12. The fourth-order valence-corrected chi connectivity index (χ4v) is 2.79. The monoisotopic (exact) mass is 330 g/mol. The van der Waals surface area contributed by atoms with E-state index < -0.39 is 0 Å². The van der Waals surface area contributed by atoms with Crippen LogP contribution in [-0.4, -0.2) is 34.7 Å². The number of nitrogens with one attached hydrogen (secondary N) is 1. The highest BCUT2D eigenvalue weighted by atomic mass is 35.5. The molecule has 3 rings (SSSR count). The van der Waals surface area contributed by atoms with Gasteiger partial charge in [-0.1, -0.05) is 48.5 Å². The van der Waals surface area contributed by atoms with E-state index in [1.165, 1.54) is 11.1 Å². The quantitative estimate of drug-likeness (QED) is 0.700. The molecule has 0 saturated heterocycles. The zero-order valence-corrected chi connectivity index (χ0v) is 13.9. The molecule has 1 heterocycles. The Hall–Kier alpha value is -1.88. The summed E-state index contributed by atoms with van der Waals surface area (Å²) < 4.78 is 0. The van der Waals surface area contributed by atoms with Crippen LogP contribution in [0.2, 0.25) is 0 Å². The summed E-state index contributed by atoms with van der Waals surface area (Å²) in [6.07, 6.45) is 2.91. The smallest absolute Gasteiger partial charge is 0.0695 e. The summed E-state index contributed by atoms with van der Waals surface area (Å²) in [5.74, 6) is 0. The molecule has 0 aliphatic rings. The number of aromatic nitrogens is 2. The van der Waals surface area contributed by atoms with Gasteiger partial charge < -0.3 is 5.73 Å². The molecule has 2 aromatic carbocycles. The Morgan fingerprint density at radius 3 is 2.61 bits per heavy atom. The van der Waals surface area contributed by atoms with Crippen LogP contribution < -0.4 is 5.73 Å². The van der Waals surface area contributed by atoms with Crippen LogP contribution in [0.3, 0.4) is 0 Å². The lowest BCUT2D eigenvalue weighted by molar-refractivity contribution is 0.277. The Bertz CT molecular complexity index is 711. The van der Waals surface area contributed by atoms with E-state index in [2.05, 4.69) is 63.6 Å². The van der Waals surface area contributed by atoms with Gasteiger partial charge in [-0.05, 0) is 17.5 Å². The van der Waals surface area contributed by atoms with Gasteiger partial charge in [0.05, 0.1) is 11.7 Å². The average molecular weight is 331 g/mol. The van der Waals surface area contributed by atoms with Crippen LogP contribution >= 0.6 is 12.4 Å². The lowest BCUT2D eigenvalue weighted by Gasteiger charge is -2.22. The Balaban J connectivity index is 0.00000192. The molecule has 0 bridgehead atoms. The zero-order valence-electron chi connectivity index (χ0n) is 13.1. The number of fused-ring (bicyclic) bond motifs is 1. The van der Waals surface area contributed by atoms with E-state index in [-0.39, 0.29) is 12.4 Å². The third-order valence-corrected chi connectivity index (χ3v) is 3.96. The maximum Gasteiger partial charge on any atom is 0.0695 e. The Morgan fingerprint density at radius 1 is 1.00 bits per heavy atom. The van der Waals surface area contributed by atoms with Gasteiger partial charge in [0, 0.05) is 31.6 Å². The first kappa shape index (κ1) is 17.5. The molecule has 0 atom stereocenters. The van der Waals surface area contributed by atoms with Crippen molar-refractivity contribution in [3.05, 3.63) is 65.9 Å². The molecular formula is C18H23ClN4. The predicted molar refractivity (Wildman–Crippen MR) is 97.8 cm³/mol. The fraction of sp³-hybridized carbons (Fsp3) is 0.278. The number of hydrogen-bond donors (Lipinski definition) is 2. The number of para-hydroxylation sites is 1. The van der Waals surface area contributed by atoms with Crippen molar-refractivity contribution in [2.24, 2.45) is 5.73 Å². The lowest BCUT2D eigenvalue weighted by Crippen LogP contribution is -2.31. The van der Waals surface area contributed by atoms with E-state index >= 15 is 0 Å². The Labute approximate surface area is 143 Å². The lowest BCUT2D eigenvalue weighted by atomic mass is 10.1. The molecule has 122 valence electrons. The van der Waals surface area contributed by atoms with E-state index in [4.69, 9.17) is 5.73 Å². The van der Waals surface area contributed by atoms with Gasteiger partial charge in [-0.25, -0.2) is 0 Å². The first-order chi connectivity index (χ1) is 10.9. The van der Waals surface area contributed by atoms with Crippen LogP contribution in [0.15, 0.2) is 54.7 Å². The number of aromatic amines is 1. The molecule has 4 nitrogen and oxygen atoms in total. The van der Waals surface area contributed by atoms with Crippen molar-refractivity contribution < 1.29 is 0 Å². The van der Waals surface area contributed by atoms with Gasteiger partial charge in [0.1, 0.15) is 0 Å². The number of halogens is 1. The third kappa shape index (κ3) is 4.55. The van der Waals surface area contributed by atoms with Crippen molar-refractivity contribution in [1.29, 1.82) is 0 Å². The molecule has 0 aliphatic heterocycles. The van der Waals surface area contributed by atoms with E-state index in [9.17, 15) is 0 Å². The second-order valence-electron chi connectivity index (χ2n) is 5.55. The van der Waals surface area contributed by atoms with Gasteiger partial charge in [0.25, 0.3) is 0 Å². The summed E-state index contributed by atoms with van der Waals surface area (Å²) in [5, 5.41) is 8.40. The fourth-order valence-electron chi connectivity index (χ4n) is 2.79. The molecule has 3 aromatic rings. The van der Waals surface area contributed by atoms with Gasteiger partial charge in [0.2, 0.25) is 0 Å². The van der Waals surface area contributed by atoms with Crippen LogP contribution in [0.4, 0.5) is 0 Å². The van der Waals surface area contributed by atoms with Crippen molar-refractivity contribution >= 4 is 23.3 Å². The van der Waals surface area contributed by atoms with E-state index in [1.807, 2.05) is 6.20 Å². The van der Waals surface area contributed by atoms with Crippen LogP contribution in [0.1, 0.15) is 11.1 Å². The molecule has 0 amide bonds. The summed E-state index contributed by atoms with van der Waals surface area (Å²) in [7, 11) is 0. The summed E-state index contributed by atoms with van der Waals surface area (Å²) in [6.45, 7) is 3.47. The molecule has 0 fully saturated rings. The number of rotatable bonds is 7. The number of H-pyrrole nitrogens is 1. The average Bonchev–Trinajstić information content (AvgIpc) is 3.03. The predicted octanol–water partition coefficient (Wildman–Crippen LogP) is 2.99. The molecule has 0 spiro atoms. The number of nitrogens with zero attached hydrogens (tertiary/aromatic N) is 2. The summed E-state index contributed by atoms with van der Waals surface area (Å²) in [6, 6.07) is 16.9. The van der Waals surface area contributed by atoms with Crippen LogP contribution in [-0.2, 0) is 13.0 Å². The van der Waals surface area contributed by atoms with Crippen molar-refractivity contribution in [2.75, 3.05) is 19.6 Å². The van der Waals surface area contributed by atoms with E-state index in [0.717, 1.165) is 37.0 Å². The summed E-state index contributed by atoms with van der Waals surface area (Å²) in [4.78, 5) is 2.41. The molecule has 0 unspecified atom stereocenters. The maximum absolute atomic E-state index is 5.78. The Morgan fingerprint density at radius 2 is 1.83 bits per heavy atom. The Kier molecular flexibility index (Phi) is 6.59. The molecule has 0 aliphatic carbocycles. The first-order valence-corrected chi connectivity index (χ1v) is 7.74. The van der Waals surface area contributed by atoms with Gasteiger partial charge >= 0.3 is 0 Å². The van der Waals surface area contributed by atoms with Crippen LogP contribution in [0.25, 0.3) is 10.9 Å². The third-order valence-electron chi connectivity index (χ3n) is 3.96. The second-order valence-corrected chi connectivity index (χ2v) is 5.55. The molecular weight excluding hydrogens is 308 g/mol. The second kappa shape index (κ2) is 8.67. The van der Waals surface area contributed by atoms with Gasteiger partial charge in [-0.2, -0.15) is 5.10 Å². The van der Waals surface area contributed by atoms with Gasteiger partial charge in [-0.15, -0.1) is 12.4 Å². The normalized spacial score (nSPS) is 10.9. The molecule has 3 N–H and O–H groups in total. The standard InChI is InChI=1S/C18H22N4.ClH/c19-10-12-22(11-9-15-5-2-1-3-6-15)14-17-8-4-7-16-13-20-21-18(16)17;/h1-8,13H,9-12,14,19H2,(H,20,21);1H. The molecule has 1 aromatic heterocycles.